The Hall–Kier alpha value is -3.33. The first kappa shape index (κ1) is 22.8. The van der Waals surface area contributed by atoms with Crippen LogP contribution >= 0.6 is 11.8 Å². The molecule has 3 amide bonds. The monoisotopic (exact) mass is 466 g/mol. The lowest BCUT2D eigenvalue weighted by Gasteiger charge is -2.29. The lowest BCUT2D eigenvalue weighted by Crippen LogP contribution is -2.48. The minimum absolute atomic E-state index is 0.227. The molecule has 4 rings (SSSR count). The second kappa shape index (κ2) is 8.90. The van der Waals surface area contributed by atoms with Crippen LogP contribution < -0.4 is 15.0 Å². The molecule has 0 radical (unpaired) electrons. The summed E-state index contributed by atoms with van der Waals surface area (Å²) in [5, 5.41) is 8.36. The van der Waals surface area contributed by atoms with Crippen LogP contribution in [0.4, 0.5) is 5.69 Å². The summed E-state index contributed by atoms with van der Waals surface area (Å²) in [4.78, 5) is 38.5. The Labute approximate surface area is 197 Å². The Morgan fingerprint density at radius 2 is 1.88 bits per heavy atom. The number of para-hydroxylation sites is 1. The first-order valence-electron chi connectivity index (χ1n) is 10.7. The standard InChI is InChI=1S/C24H26N4O4S/c1-15-13-16(2)21-20(14-15)24(28(18(4)30)26-23(33-24)25-17(3)29)22(31)27(21)11-8-12-32-19-9-6-5-7-10-19/h5-7,9-10,13-14H,8,11-12H2,1-4H3,(H,25,26,29)/t24-/m1/s1. The highest BCUT2D eigenvalue weighted by Gasteiger charge is 2.61. The summed E-state index contributed by atoms with van der Waals surface area (Å²) in [6.07, 6.45) is 0.605. The van der Waals surface area contributed by atoms with E-state index in [-0.39, 0.29) is 22.9 Å². The fourth-order valence-electron chi connectivity index (χ4n) is 4.28. The molecule has 2 heterocycles. The first-order valence-corrected chi connectivity index (χ1v) is 11.5. The summed E-state index contributed by atoms with van der Waals surface area (Å²) >= 11 is 1.09. The van der Waals surface area contributed by atoms with Crippen LogP contribution in [0.25, 0.3) is 0 Å². The molecule has 2 aromatic carbocycles. The van der Waals surface area contributed by atoms with E-state index < -0.39 is 4.87 Å². The summed E-state index contributed by atoms with van der Waals surface area (Å²) in [7, 11) is 0. The highest BCUT2D eigenvalue weighted by molar-refractivity contribution is 8.15. The van der Waals surface area contributed by atoms with Gasteiger partial charge in [0.05, 0.1) is 12.3 Å². The molecule has 1 N–H and O–H groups in total. The van der Waals surface area contributed by atoms with Crippen molar-refractivity contribution in [2.45, 2.75) is 39.0 Å². The number of carbonyl (C=O) groups is 3. The van der Waals surface area contributed by atoms with Crippen molar-refractivity contribution in [3.8, 4) is 5.75 Å². The van der Waals surface area contributed by atoms with Gasteiger partial charge in [0.2, 0.25) is 16.7 Å². The molecule has 2 aliphatic rings. The van der Waals surface area contributed by atoms with Gasteiger partial charge in [-0.25, -0.2) is 0 Å². The van der Waals surface area contributed by atoms with Crippen LogP contribution in [0.5, 0.6) is 5.75 Å². The molecule has 172 valence electrons. The number of rotatable bonds is 5. The lowest BCUT2D eigenvalue weighted by atomic mass is 10.0. The number of hydrogen-bond acceptors (Lipinski definition) is 6. The van der Waals surface area contributed by atoms with Crippen molar-refractivity contribution < 1.29 is 19.1 Å². The Morgan fingerprint density at radius 1 is 1.15 bits per heavy atom. The average molecular weight is 467 g/mol. The van der Waals surface area contributed by atoms with Crippen molar-refractivity contribution in [2.75, 3.05) is 18.1 Å². The maximum Gasteiger partial charge on any atom is 0.270 e. The fraction of sp³-hybridized carbons (Fsp3) is 0.333. The molecule has 0 saturated heterocycles. The topological polar surface area (TPSA) is 91.3 Å². The van der Waals surface area contributed by atoms with Crippen LogP contribution in [0.2, 0.25) is 0 Å². The number of nitrogens with zero attached hydrogens (tertiary/aromatic N) is 3. The van der Waals surface area contributed by atoms with Gasteiger partial charge in [0.25, 0.3) is 5.91 Å². The zero-order chi connectivity index (χ0) is 23.8. The van der Waals surface area contributed by atoms with Crippen molar-refractivity contribution in [2.24, 2.45) is 5.10 Å². The highest BCUT2D eigenvalue weighted by atomic mass is 32.2. The number of amidine groups is 1. The second-order valence-electron chi connectivity index (χ2n) is 8.11. The molecule has 0 aliphatic carbocycles. The maximum absolute atomic E-state index is 13.9. The average Bonchev–Trinajstić information content (AvgIpc) is 3.24. The van der Waals surface area contributed by atoms with Crippen LogP contribution in [0.3, 0.4) is 0 Å². The number of hydrazone groups is 1. The van der Waals surface area contributed by atoms with Gasteiger partial charge in [-0.05, 0) is 49.7 Å². The van der Waals surface area contributed by atoms with Crippen molar-refractivity contribution in [3.05, 3.63) is 59.2 Å². The summed E-state index contributed by atoms with van der Waals surface area (Å²) < 4.78 is 5.80. The molecule has 8 nitrogen and oxygen atoms in total. The van der Waals surface area contributed by atoms with E-state index in [1.54, 1.807) is 4.90 Å². The van der Waals surface area contributed by atoms with E-state index >= 15 is 0 Å². The fourth-order valence-corrected chi connectivity index (χ4v) is 5.60. The van der Waals surface area contributed by atoms with Gasteiger partial charge in [0.1, 0.15) is 5.75 Å². The van der Waals surface area contributed by atoms with E-state index in [1.165, 1.54) is 18.9 Å². The molecule has 2 aromatic rings. The predicted molar refractivity (Wildman–Crippen MR) is 128 cm³/mol. The number of benzene rings is 2. The minimum Gasteiger partial charge on any atom is -0.494 e. The van der Waals surface area contributed by atoms with Gasteiger partial charge < -0.3 is 15.0 Å². The molecule has 33 heavy (non-hydrogen) atoms. The number of thioether (sulfide) groups is 1. The smallest absolute Gasteiger partial charge is 0.270 e. The first-order chi connectivity index (χ1) is 15.7. The number of anilines is 1. The molecule has 9 heteroatoms. The summed E-state index contributed by atoms with van der Waals surface area (Å²) in [5.41, 5.74) is 3.41. The van der Waals surface area contributed by atoms with E-state index in [2.05, 4.69) is 10.4 Å². The SMILES string of the molecule is CC(=O)NC1=NN(C(C)=O)[C@]2(S1)C(=O)N(CCCOc1ccccc1)c1c(C)cc(C)cc12. The van der Waals surface area contributed by atoms with Gasteiger partial charge in [-0.15, -0.1) is 5.10 Å². The van der Waals surface area contributed by atoms with Crippen LogP contribution in [0.15, 0.2) is 47.6 Å². The Kier molecular flexibility index (Phi) is 6.16. The number of aryl methyl sites for hydroxylation is 2. The summed E-state index contributed by atoms with van der Waals surface area (Å²) in [6, 6.07) is 13.5. The van der Waals surface area contributed by atoms with Crippen LogP contribution in [-0.2, 0) is 19.3 Å². The predicted octanol–water partition coefficient (Wildman–Crippen LogP) is 3.27. The van der Waals surface area contributed by atoms with Crippen LogP contribution in [0.1, 0.15) is 37.0 Å². The third-order valence-electron chi connectivity index (χ3n) is 5.47. The Balaban J connectivity index is 1.65. The van der Waals surface area contributed by atoms with E-state index in [9.17, 15) is 14.4 Å². The zero-order valence-corrected chi connectivity index (χ0v) is 19.9. The van der Waals surface area contributed by atoms with Crippen molar-refractivity contribution >= 4 is 40.3 Å². The zero-order valence-electron chi connectivity index (χ0n) is 19.0. The molecular weight excluding hydrogens is 440 g/mol. The highest BCUT2D eigenvalue weighted by Crippen LogP contribution is 2.55. The number of nitrogens with one attached hydrogen (secondary N) is 1. The Bertz CT molecular complexity index is 1150. The summed E-state index contributed by atoms with van der Waals surface area (Å²) in [5.74, 6) is -0.176. The largest absolute Gasteiger partial charge is 0.494 e. The van der Waals surface area contributed by atoms with Crippen LogP contribution in [-0.4, -0.2) is 41.0 Å². The molecule has 0 bridgehead atoms. The van der Waals surface area contributed by atoms with Gasteiger partial charge in [0, 0.05) is 26.0 Å². The number of carbonyl (C=O) groups excluding carboxylic acids is 3. The van der Waals surface area contributed by atoms with Crippen molar-refractivity contribution in [1.29, 1.82) is 0 Å². The molecule has 0 aromatic heterocycles. The maximum atomic E-state index is 13.9. The molecule has 0 unspecified atom stereocenters. The van der Waals surface area contributed by atoms with Crippen LogP contribution in [0, 0.1) is 13.8 Å². The number of amides is 3. The van der Waals surface area contributed by atoms with Gasteiger partial charge in [-0.3, -0.25) is 14.4 Å². The van der Waals surface area contributed by atoms with Gasteiger partial charge >= 0.3 is 0 Å². The number of hydrogen-bond donors (Lipinski definition) is 1. The second-order valence-corrected chi connectivity index (χ2v) is 9.29. The van der Waals surface area contributed by atoms with E-state index in [4.69, 9.17) is 4.74 Å². The lowest BCUT2D eigenvalue weighted by molar-refractivity contribution is -0.139. The third kappa shape index (κ3) is 4.08. The summed E-state index contributed by atoms with van der Waals surface area (Å²) in [6.45, 7) is 7.51. The van der Waals surface area contributed by atoms with E-state index in [1.807, 2.05) is 56.3 Å². The Morgan fingerprint density at radius 3 is 2.55 bits per heavy atom. The van der Waals surface area contributed by atoms with Crippen molar-refractivity contribution in [3.63, 3.8) is 0 Å². The number of ether oxygens (including phenoxy) is 1. The van der Waals surface area contributed by atoms with Gasteiger partial charge in [0.15, 0.2) is 5.17 Å². The molecule has 0 fully saturated rings. The molecular formula is C24H26N4O4S. The molecule has 1 atom stereocenters. The van der Waals surface area contributed by atoms with Gasteiger partial charge in [-0.1, -0.05) is 35.9 Å². The van der Waals surface area contributed by atoms with E-state index in [0.29, 0.717) is 25.1 Å². The molecule has 2 aliphatic heterocycles. The van der Waals surface area contributed by atoms with Gasteiger partial charge in [-0.2, -0.15) is 5.01 Å². The normalized spacial score (nSPS) is 19.0. The van der Waals surface area contributed by atoms with E-state index in [0.717, 1.165) is 34.3 Å². The van der Waals surface area contributed by atoms with Crippen molar-refractivity contribution in [1.82, 2.24) is 10.3 Å². The quantitative estimate of drug-likeness (QED) is 0.683. The third-order valence-corrected chi connectivity index (χ3v) is 6.71. The number of fused-ring (bicyclic) bond motifs is 2. The molecule has 1 spiro atoms. The molecule has 0 saturated carbocycles. The minimum atomic E-state index is -1.38.